The number of hydrogen-bond acceptors (Lipinski definition) is 2. The maximum atomic E-state index is 11.8. The van der Waals surface area contributed by atoms with Gasteiger partial charge in [-0.1, -0.05) is 29.3 Å². The molecule has 2 rings (SSSR count). The molecular formula is C12H14Cl2N2O. The molecule has 17 heavy (non-hydrogen) atoms. The Balaban J connectivity index is 2.29. The molecule has 3 nitrogen and oxygen atoms in total. The average molecular weight is 273 g/mol. The van der Waals surface area contributed by atoms with Gasteiger partial charge >= 0.3 is 0 Å². The second-order valence-corrected chi connectivity index (χ2v) is 5.08. The van der Waals surface area contributed by atoms with Gasteiger partial charge in [0.15, 0.2) is 0 Å². The van der Waals surface area contributed by atoms with Crippen LogP contribution < -0.4 is 5.73 Å². The summed E-state index contributed by atoms with van der Waals surface area (Å²) in [5.74, 6) is -0.0494. The van der Waals surface area contributed by atoms with Crippen LogP contribution in [0.1, 0.15) is 18.1 Å². The Morgan fingerprint density at radius 2 is 2.18 bits per heavy atom. The van der Waals surface area contributed by atoms with Crippen LogP contribution in [0.5, 0.6) is 0 Å². The first-order valence-corrected chi connectivity index (χ1v) is 6.26. The molecule has 5 heteroatoms. The van der Waals surface area contributed by atoms with Gasteiger partial charge in [0.05, 0.1) is 16.1 Å². The molecule has 92 valence electrons. The number of amides is 1. The highest BCUT2D eigenvalue weighted by molar-refractivity contribution is 6.42. The maximum absolute atomic E-state index is 11.8. The second-order valence-electron chi connectivity index (χ2n) is 4.30. The fraction of sp³-hybridized carbons (Fsp3) is 0.417. The molecule has 1 amide bonds. The summed E-state index contributed by atoms with van der Waals surface area (Å²) in [5.41, 5.74) is 7.71. The lowest BCUT2D eigenvalue weighted by Crippen LogP contribution is -2.44. The van der Waals surface area contributed by atoms with E-state index in [0.717, 1.165) is 17.5 Å². The van der Waals surface area contributed by atoms with Gasteiger partial charge in [-0.15, -0.1) is 0 Å². The first-order valence-electron chi connectivity index (χ1n) is 5.51. The van der Waals surface area contributed by atoms with Crippen molar-refractivity contribution in [2.45, 2.75) is 25.9 Å². The zero-order valence-electron chi connectivity index (χ0n) is 9.54. The molecule has 0 bridgehead atoms. The van der Waals surface area contributed by atoms with Gasteiger partial charge in [-0.05, 0) is 30.5 Å². The quantitative estimate of drug-likeness (QED) is 0.852. The van der Waals surface area contributed by atoms with Crippen LogP contribution in [0, 0.1) is 0 Å². The summed E-state index contributed by atoms with van der Waals surface area (Å²) in [4.78, 5) is 13.6. The smallest absolute Gasteiger partial charge is 0.239 e. The minimum absolute atomic E-state index is 0.0494. The molecule has 1 aromatic rings. The fourth-order valence-corrected chi connectivity index (χ4v) is 2.46. The van der Waals surface area contributed by atoms with Gasteiger partial charge in [-0.25, -0.2) is 0 Å². The highest BCUT2D eigenvalue weighted by Gasteiger charge is 2.24. The topological polar surface area (TPSA) is 46.3 Å². The molecule has 2 N–H and O–H groups in total. The number of carbonyl (C=O) groups is 1. The summed E-state index contributed by atoms with van der Waals surface area (Å²) >= 11 is 12.1. The highest BCUT2D eigenvalue weighted by Crippen LogP contribution is 2.32. The molecule has 0 saturated carbocycles. The number of benzene rings is 1. The number of fused-ring (bicyclic) bond motifs is 1. The van der Waals surface area contributed by atoms with E-state index in [1.807, 2.05) is 6.07 Å². The minimum atomic E-state index is -0.477. The van der Waals surface area contributed by atoms with E-state index in [1.54, 1.807) is 17.9 Å². The Hall–Kier alpha value is -0.770. The van der Waals surface area contributed by atoms with Crippen molar-refractivity contribution in [3.05, 3.63) is 33.3 Å². The molecule has 1 atom stereocenters. The van der Waals surface area contributed by atoms with Crippen LogP contribution in [-0.4, -0.2) is 23.4 Å². The van der Waals surface area contributed by atoms with Crippen molar-refractivity contribution in [2.24, 2.45) is 5.73 Å². The van der Waals surface area contributed by atoms with Gasteiger partial charge in [0.1, 0.15) is 0 Å². The summed E-state index contributed by atoms with van der Waals surface area (Å²) in [6, 6.07) is 3.29. The van der Waals surface area contributed by atoms with E-state index >= 15 is 0 Å². The van der Waals surface area contributed by atoms with Crippen LogP contribution in [0.2, 0.25) is 10.0 Å². The largest absolute Gasteiger partial charge is 0.337 e. The van der Waals surface area contributed by atoms with Crippen LogP contribution in [0.4, 0.5) is 0 Å². The number of carbonyl (C=O) groups excluding carboxylic acids is 1. The van der Waals surface area contributed by atoms with Crippen molar-refractivity contribution in [1.29, 1.82) is 0 Å². The van der Waals surface area contributed by atoms with Crippen molar-refractivity contribution in [3.8, 4) is 0 Å². The minimum Gasteiger partial charge on any atom is -0.337 e. The Bertz CT molecular complexity index is 460. The van der Waals surface area contributed by atoms with Gasteiger partial charge in [-0.3, -0.25) is 4.79 Å². The Morgan fingerprint density at radius 1 is 1.47 bits per heavy atom. The predicted molar refractivity (Wildman–Crippen MR) is 69.2 cm³/mol. The molecule has 0 radical (unpaired) electrons. The van der Waals surface area contributed by atoms with Gasteiger partial charge in [-0.2, -0.15) is 0 Å². The molecule has 0 aliphatic carbocycles. The Labute approximate surface area is 110 Å². The van der Waals surface area contributed by atoms with Gasteiger partial charge in [0.2, 0.25) is 5.91 Å². The van der Waals surface area contributed by atoms with Crippen molar-refractivity contribution < 1.29 is 4.79 Å². The third-order valence-electron chi connectivity index (χ3n) is 2.99. The highest BCUT2D eigenvalue weighted by atomic mass is 35.5. The van der Waals surface area contributed by atoms with Crippen molar-refractivity contribution in [1.82, 2.24) is 4.90 Å². The molecule has 0 aromatic heterocycles. The van der Waals surface area contributed by atoms with Gasteiger partial charge < -0.3 is 10.6 Å². The zero-order valence-corrected chi connectivity index (χ0v) is 11.1. The average Bonchev–Trinajstić information content (AvgIpc) is 2.32. The molecule has 0 spiro atoms. The lowest BCUT2D eigenvalue weighted by molar-refractivity contribution is -0.133. The normalized spacial score (nSPS) is 16.6. The summed E-state index contributed by atoms with van der Waals surface area (Å²) in [6.45, 7) is 2.87. The van der Waals surface area contributed by atoms with E-state index in [4.69, 9.17) is 28.9 Å². The van der Waals surface area contributed by atoms with Gasteiger partial charge in [0, 0.05) is 13.1 Å². The standard InChI is InChI=1S/C12H14Cl2N2O/c1-7(15)12(17)16-5-4-8-2-3-10(13)11(14)9(8)6-16/h2-3,7H,4-6,15H2,1H3/t7-/m1/s1. The second kappa shape index (κ2) is 4.84. The SMILES string of the molecule is C[C@@H](N)C(=O)N1CCc2ccc(Cl)c(Cl)c2C1. The molecule has 1 aromatic carbocycles. The van der Waals surface area contributed by atoms with Crippen LogP contribution in [0.3, 0.4) is 0 Å². The summed E-state index contributed by atoms with van der Waals surface area (Å²) in [5, 5.41) is 1.08. The Kier molecular flexibility index (Phi) is 3.61. The van der Waals surface area contributed by atoms with E-state index < -0.39 is 6.04 Å². The van der Waals surface area contributed by atoms with Crippen molar-refractivity contribution in [3.63, 3.8) is 0 Å². The first-order chi connectivity index (χ1) is 8.00. The van der Waals surface area contributed by atoms with E-state index in [2.05, 4.69) is 0 Å². The number of hydrogen-bond donors (Lipinski definition) is 1. The number of halogens is 2. The monoisotopic (exact) mass is 272 g/mol. The van der Waals surface area contributed by atoms with Crippen LogP contribution in [0.15, 0.2) is 12.1 Å². The summed E-state index contributed by atoms with van der Waals surface area (Å²) < 4.78 is 0. The van der Waals surface area contributed by atoms with Crippen molar-refractivity contribution >= 4 is 29.1 Å². The predicted octanol–water partition coefficient (Wildman–Crippen LogP) is 2.23. The fourth-order valence-electron chi connectivity index (χ4n) is 2.04. The Morgan fingerprint density at radius 3 is 2.82 bits per heavy atom. The summed E-state index contributed by atoms with van der Waals surface area (Å²) in [6.07, 6.45) is 0.796. The van der Waals surface area contributed by atoms with Crippen molar-refractivity contribution in [2.75, 3.05) is 6.54 Å². The van der Waals surface area contributed by atoms with E-state index in [0.29, 0.717) is 23.1 Å². The molecular weight excluding hydrogens is 259 g/mol. The third kappa shape index (κ3) is 2.41. The van der Waals surface area contributed by atoms with Crippen LogP contribution in [-0.2, 0) is 17.8 Å². The molecule has 1 aliphatic rings. The van der Waals surface area contributed by atoms with E-state index in [9.17, 15) is 4.79 Å². The first kappa shape index (κ1) is 12.7. The molecule has 1 heterocycles. The molecule has 1 aliphatic heterocycles. The molecule has 0 fully saturated rings. The van der Waals surface area contributed by atoms with Crippen LogP contribution in [0.25, 0.3) is 0 Å². The maximum Gasteiger partial charge on any atom is 0.239 e. The number of nitrogens with zero attached hydrogens (tertiary/aromatic N) is 1. The lowest BCUT2D eigenvalue weighted by atomic mass is 9.99. The third-order valence-corrected chi connectivity index (χ3v) is 3.84. The van der Waals surface area contributed by atoms with Gasteiger partial charge in [0.25, 0.3) is 0 Å². The number of nitrogens with two attached hydrogens (primary N) is 1. The number of rotatable bonds is 1. The van der Waals surface area contributed by atoms with Crippen LogP contribution >= 0.6 is 23.2 Å². The molecule has 0 saturated heterocycles. The van der Waals surface area contributed by atoms with E-state index in [-0.39, 0.29) is 5.91 Å². The summed E-state index contributed by atoms with van der Waals surface area (Å²) in [7, 11) is 0. The zero-order chi connectivity index (χ0) is 12.6. The molecule has 0 unspecified atom stereocenters. The lowest BCUT2D eigenvalue weighted by Gasteiger charge is -2.30. The van der Waals surface area contributed by atoms with E-state index in [1.165, 1.54) is 0 Å².